The van der Waals surface area contributed by atoms with Crippen LogP contribution in [0, 0.1) is 5.92 Å². The highest BCUT2D eigenvalue weighted by Gasteiger charge is 2.16. The lowest BCUT2D eigenvalue weighted by Crippen LogP contribution is -2.37. The van der Waals surface area contributed by atoms with E-state index in [1.165, 1.54) is 6.42 Å². The molecule has 1 aromatic rings. The van der Waals surface area contributed by atoms with Crippen molar-refractivity contribution in [3.05, 3.63) is 24.0 Å². The van der Waals surface area contributed by atoms with Crippen molar-refractivity contribution in [2.75, 3.05) is 12.3 Å². The number of nitrogens with zero attached hydrogens (tertiary/aromatic N) is 1. The number of hydrogen-bond donors (Lipinski definition) is 2. The van der Waals surface area contributed by atoms with Crippen LogP contribution in [-0.2, 0) is 6.42 Å². The molecule has 3 heteroatoms. The lowest BCUT2D eigenvalue weighted by molar-refractivity contribution is 0.365. The Balaban J connectivity index is 2.68. The molecule has 3 nitrogen and oxygen atoms in total. The van der Waals surface area contributed by atoms with Gasteiger partial charge in [-0.2, -0.15) is 0 Å². The van der Waals surface area contributed by atoms with Crippen molar-refractivity contribution in [2.24, 2.45) is 5.92 Å². The molecule has 0 aliphatic rings. The van der Waals surface area contributed by atoms with E-state index in [1.54, 1.807) is 6.20 Å². The first-order chi connectivity index (χ1) is 8.19. The molecule has 0 aliphatic heterocycles. The lowest BCUT2D eigenvalue weighted by atomic mass is 9.93. The topological polar surface area (TPSA) is 50.9 Å². The first kappa shape index (κ1) is 14.0. The van der Waals surface area contributed by atoms with Gasteiger partial charge in [-0.25, -0.2) is 0 Å². The van der Waals surface area contributed by atoms with E-state index < -0.39 is 0 Å². The van der Waals surface area contributed by atoms with Gasteiger partial charge in [0.2, 0.25) is 0 Å². The minimum Gasteiger partial charge on any atom is -0.398 e. The zero-order valence-electron chi connectivity index (χ0n) is 11.2. The Morgan fingerprint density at radius 3 is 2.76 bits per heavy atom. The van der Waals surface area contributed by atoms with Gasteiger partial charge in [-0.05, 0) is 36.9 Å². The third-order valence-corrected chi connectivity index (χ3v) is 3.37. The van der Waals surface area contributed by atoms with E-state index in [9.17, 15) is 0 Å². The highest BCUT2D eigenvalue weighted by atomic mass is 14.9. The Morgan fingerprint density at radius 1 is 1.41 bits per heavy atom. The van der Waals surface area contributed by atoms with Crippen LogP contribution in [0.4, 0.5) is 5.69 Å². The predicted molar refractivity (Wildman–Crippen MR) is 73.9 cm³/mol. The van der Waals surface area contributed by atoms with Gasteiger partial charge in [-0.3, -0.25) is 4.98 Å². The van der Waals surface area contributed by atoms with Crippen LogP contribution >= 0.6 is 0 Å². The van der Waals surface area contributed by atoms with Gasteiger partial charge < -0.3 is 11.1 Å². The molecule has 0 fully saturated rings. The first-order valence-corrected chi connectivity index (χ1v) is 6.60. The highest BCUT2D eigenvalue weighted by molar-refractivity contribution is 5.44. The molecule has 0 bridgehead atoms. The van der Waals surface area contributed by atoms with E-state index in [0.717, 1.165) is 30.6 Å². The van der Waals surface area contributed by atoms with Gasteiger partial charge in [0, 0.05) is 24.1 Å². The number of nitrogens with two attached hydrogens (primary N) is 1. The summed E-state index contributed by atoms with van der Waals surface area (Å²) in [6, 6.07) is 2.37. The third kappa shape index (κ3) is 4.35. The van der Waals surface area contributed by atoms with Gasteiger partial charge in [-0.1, -0.05) is 27.2 Å². The minimum atomic E-state index is 0.492. The Kier molecular flexibility index (Phi) is 5.98. The van der Waals surface area contributed by atoms with Crippen molar-refractivity contribution in [2.45, 2.75) is 46.1 Å². The number of nitrogen functional groups attached to an aromatic ring is 1. The smallest absolute Gasteiger partial charge is 0.0378 e. The minimum absolute atomic E-state index is 0.492. The fourth-order valence-corrected chi connectivity index (χ4v) is 1.93. The van der Waals surface area contributed by atoms with Gasteiger partial charge in [0.15, 0.2) is 0 Å². The van der Waals surface area contributed by atoms with Gasteiger partial charge >= 0.3 is 0 Å². The third-order valence-electron chi connectivity index (χ3n) is 3.37. The molecule has 0 amide bonds. The first-order valence-electron chi connectivity index (χ1n) is 6.60. The van der Waals surface area contributed by atoms with Crippen LogP contribution in [0.2, 0.25) is 0 Å². The molecule has 17 heavy (non-hydrogen) atoms. The van der Waals surface area contributed by atoms with Crippen molar-refractivity contribution >= 4 is 5.69 Å². The molecule has 96 valence electrons. The summed E-state index contributed by atoms with van der Waals surface area (Å²) in [5.74, 6) is 0.654. The van der Waals surface area contributed by atoms with Crippen LogP contribution in [0.15, 0.2) is 18.5 Å². The van der Waals surface area contributed by atoms with Crippen LogP contribution in [-0.4, -0.2) is 17.6 Å². The maximum atomic E-state index is 5.97. The van der Waals surface area contributed by atoms with Gasteiger partial charge in [-0.15, -0.1) is 0 Å². The van der Waals surface area contributed by atoms with Crippen LogP contribution in [0.1, 0.15) is 39.2 Å². The molecule has 2 unspecified atom stereocenters. The summed E-state index contributed by atoms with van der Waals surface area (Å²) in [5, 5.41) is 3.61. The number of hydrogen-bond acceptors (Lipinski definition) is 3. The standard InChI is InChI=1S/C14H25N3/c1-4-7-17-14(11(3)5-2)9-12-10-16-8-6-13(12)15/h6,8,10-11,14,17H,4-5,7,9H2,1-3H3,(H2,15,16). The van der Waals surface area contributed by atoms with Crippen LogP contribution in [0.3, 0.4) is 0 Å². The van der Waals surface area contributed by atoms with E-state index in [-0.39, 0.29) is 0 Å². The van der Waals surface area contributed by atoms with Crippen molar-refractivity contribution in [1.29, 1.82) is 0 Å². The second-order valence-corrected chi connectivity index (χ2v) is 4.72. The number of nitrogens with one attached hydrogen (secondary N) is 1. The fourth-order valence-electron chi connectivity index (χ4n) is 1.93. The highest BCUT2D eigenvalue weighted by Crippen LogP contribution is 2.17. The molecule has 0 aliphatic carbocycles. The Hall–Kier alpha value is -1.09. The number of pyridine rings is 1. The normalized spacial score (nSPS) is 14.5. The van der Waals surface area contributed by atoms with Crippen LogP contribution in [0.25, 0.3) is 0 Å². The fraction of sp³-hybridized carbons (Fsp3) is 0.643. The van der Waals surface area contributed by atoms with Crippen molar-refractivity contribution in [1.82, 2.24) is 10.3 Å². The molecule has 0 saturated carbocycles. The molecule has 0 saturated heterocycles. The van der Waals surface area contributed by atoms with Crippen molar-refractivity contribution in [3.63, 3.8) is 0 Å². The van der Waals surface area contributed by atoms with Crippen LogP contribution < -0.4 is 11.1 Å². The summed E-state index contributed by atoms with van der Waals surface area (Å²) in [7, 11) is 0. The summed E-state index contributed by atoms with van der Waals surface area (Å²) in [6.07, 6.45) is 6.95. The Morgan fingerprint density at radius 2 is 2.18 bits per heavy atom. The van der Waals surface area contributed by atoms with Gasteiger partial charge in [0.25, 0.3) is 0 Å². The molecule has 2 atom stereocenters. The molecule has 0 radical (unpaired) electrons. The average Bonchev–Trinajstić information content (AvgIpc) is 2.35. The van der Waals surface area contributed by atoms with E-state index in [0.29, 0.717) is 12.0 Å². The van der Waals surface area contributed by atoms with Gasteiger partial charge in [0.1, 0.15) is 0 Å². The van der Waals surface area contributed by atoms with E-state index in [2.05, 4.69) is 31.1 Å². The maximum absolute atomic E-state index is 5.97. The summed E-state index contributed by atoms with van der Waals surface area (Å²) in [4.78, 5) is 4.16. The quantitative estimate of drug-likeness (QED) is 0.764. The van der Waals surface area contributed by atoms with Gasteiger partial charge in [0.05, 0.1) is 0 Å². The lowest BCUT2D eigenvalue weighted by Gasteiger charge is -2.24. The summed E-state index contributed by atoms with van der Waals surface area (Å²) in [5.41, 5.74) is 7.98. The molecule has 0 spiro atoms. The monoisotopic (exact) mass is 235 g/mol. The van der Waals surface area contributed by atoms with E-state index >= 15 is 0 Å². The molecule has 1 aromatic heterocycles. The average molecular weight is 235 g/mol. The van der Waals surface area contributed by atoms with Crippen molar-refractivity contribution in [3.8, 4) is 0 Å². The summed E-state index contributed by atoms with van der Waals surface area (Å²) >= 11 is 0. The maximum Gasteiger partial charge on any atom is 0.0378 e. The molecule has 3 N–H and O–H groups in total. The molecule has 0 aromatic carbocycles. The van der Waals surface area contributed by atoms with E-state index in [1.807, 2.05) is 12.3 Å². The molecule has 1 heterocycles. The largest absolute Gasteiger partial charge is 0.398 e. The second-order valence-electron chi connectivity index (χ2n) is 4.72. The predicted octanol–water partition coefficient (Wildman–Crippen LogP) is 2.62. The summed E-state index contributed by atoms with van der Waals surface area (Å²) in [6.45, 7) is 7.78. The van der Waals surface area contributed by atoms with Crippen molar-refractivity contribution < 1.29 is 0 Å². The Bertz CT molecular complexity index is 325. The second kappa shape index (κ2) is 7.28. The van der Waals surface area contributed by atoms with E-state index in [4.69, 9.17) is 5.73 Å². The number of aromatic nitrogens is 1. The molecular formula is C14H25N3. The molecule has 1 rings (SSSR count). The number of anilines is 1. The molecular weight excluding hydrogens is 210 g/mol. The zero-order chi connectivity index (χ0) is 12.7. The SMILES string of the molecule is CCCNC(Cc1cnccc1N)C(C)CC. The number of rotatable bonds is 7. The zero-order valence-corrected chi connectivity index (χ0v) is 11.2. The summed E-state index contributed by atoms with van der Waals surface area (Å²) < 4.78 is 0. The Labute approximate surface area is 105 Å². The van der Waals surface area contributed by atoms with Crippen LogP contribution in [0.5, 0.6) is 0 Å².